The number of pyridine rings is 1. The van der Waals surface area contributed by atoms with Gasteiger partial charge in [-0.3, -0.25) is 4.98 Å². The van der Waals surface area contributed by atoms with Crippen LogP contribution in [-0.2, 0) is 0 Å². The Morgan fingerprint density at radius 2 is 1.34 bits per heavy atom. The third kappa shape index (κ3) is 5.15. The van der Waals surface area contributed by atoms with E-state index in [2.05, 4.69) is 132 Å². The fraction of sp³-hybridized carbons (Fsp3) is 0.0541. The van der Waals surface area contributed by atoms with Gasteiger partial charge in [0.1, 0.15) is 11.5 Å². The van der Waals surface area contributed by atoms with Crippen molar-refractivity contribution in [2.75, 3.05) is 18.6 Å². The van der Waals surface area contributed by atoms with Crippen molar-refractivity contribution in [1.82, 2.24) is 9.88 Å². The zero-order valence-electron chi connectivity index (χ0n) is 22.8. The maximum absolute atomic E-state index is 6.29. The molecule has 1 aliphatic rings. The van der Waals surface area contributed by atoms with E-state index < -0.39 is 0 Å². The van der Waals surface area contributed by atoms with Crippen molar-refractivity contribution >= 4 is 16.5 Å². The smallest absolute Gasteiger partial charge is 0.129 e. The minimum absolute atomic E-state index is 0.777. The molecule has 5 aromatic carbocycles. The van der Waals surface area contributed by atoms with Crippen LogP contribution in [0.15, 0.2) is 146 Å². The molecule has 4 nitrogen and oxygen atoms in total. The number of rotatable bonds is 6. The van der Waals surface area contributed by atoms with Crippen LogP contribution in [0.3, 0.4) is 0 Å². The maximum atomic E-state index is 6.29. The van der Waals surface area contributed by atoms with Gasteiger partial charge in [-0.25, -0.2) is 0 Å². The number of ether oxygens (including phenoxy) is 1. The second kappa shape index (κ2) is 10.7. The second-order valence-electron chi connectivity index (χ2n) is 10.3. The standard InChI is InChI=1S/C37H29N3O/c1-39-20-21-40(26-39)32-13-7-15-34(25-32)41-33-14-5-12-31(23-33)37-24-29(18-19-38-37)28-10-4-11-30(22-28)36-17-6-9-27-8-2-3-16-35(27)36/h2-25H,26H2,1H3. The summed E-state index contributed by atoms with van der Waals surface area (Å²) in [6, 6.07) is 44.3. The SMILES string of the molecule is CN1C=CN(c2cccc(Oc3cccc(-c4cc(-c5cccc(-c6cccc7ccccc67)c5)ccn4)c3)c2)C1. The van der Waals surface area contributed by atoms with Crippen LogP contribution in [0, 0.1) is 0 Å². The van der Waals surface area contributed by atoms with Gasteiger partial charge in [-0.2, -0.15) is 0 Å². The Morgan fingerprint density at radius 3 is 2.24 bits per heavy atom. The van der Waals surface area contributed by atoms with E-state index in [1.165, 1.54) is 21.9 Å². The molecule has 0 bridgehead atoms. The van der Waals surface area contributed by atoms with Gasteiger partial charge in [-0.1, -0.05) is 78.9 Å². The van der Waals surface area contributed by atoms with Crippen LogP contribution in [-0.4, -0.2) is 23.6 Å². The van der Waals surface area contributed by atoms with E-state index in [0.29, 0.717) is 0 Å². The quantitative estimate of drug-likeness (QED) is 0.214. The van der Waals surface area contributed by atoms with Crippen molar-refractivity contribution in [3.63, 3.8) is 0 Å². The van der Waals surface area contributed by atoms with Gasteiger partial charge in [-0.15, -0.1) is 0 Å². The highest BCUT2D eigenvalue weighted by Gasteiger charge is 2.12. The van der Waals surface area contributed by atoms with E-state index >= 15 is 0 Å². The van der Waals surface area contributed by atoms with E-state index in [9.17, 15) is 0 Å². The third-order valence-corrected chi connectivity index (χ3v) is 7.45. The van der Waals surface area contributed by atoms with E-state index in [1.807, 2.05) is 30.5 Å². The van der Waals surface area contributed by atoms with E-state index in [-0.39, 0.29) is 0 Å². The van der Waals surface area contributed by atoms with Gasteiger partial charge in [-0.05, 0) is 75.5 Å². The van der Waals surface area contributed by atoms with Crippen molar-refractivity contribution in [3.8, 4) is 45.0 Å². The van der Waals surface area contributed by atoms with Gasteiger partial charge >= 0.3 is 0 Å². The first-order valence-corrected chi connectivity index (χ1v) is 13.8. The summed E-state index contributed by atoms with van der Waals surface area (Å²) in [6.45, 7) is 0.825. The highest BCUT2D eigenvalue weighted by Crippen LogP contribution is 2.34. The normalized spacial score (nSPS) is 12.7. The molecule has 6 aromatic rings. The molecule has 4 heteroatoms. The molecule has 0 atom stereocenters. The zero-order chi connectivity index (χ0) is 27.6. The minimum atomic E-state index is 0.777. The minimum Gasteiger partial charge on any atom is -0.457 e. The van der Waals surface area contributed by atoms with Crippen LogP contribution >= 0.6 is 0 Å². The highest BCUT2D eigenvalue weighted by atomic mass is 16.5. The molecule has 0 saturated carbocycles. The predicted octanol–water partition coefficient (Wildman–Crippen LogP) is 9.21. The number of hydrogen-bond acceptors (Lipinski definition) is 4. The molecular weight excluding hydrogens is 502 g/mol. The molecule has 198 valence electrons. The predicted molar refractivity (Wildman–Crippen MR) is 169 cm³/mol. The number of aromatic nitrogens is 1. The molecule has 0 aliphatic carbocycles. The van der Waals surface area contributed by atoms with Crippen LogP contribution in [0.5, 0.6) is 11.5 Å². The summed E-state index contributed by atoms with van der Waals surface area (Å²) in [5, 5.41) is 2.50. The molecule has 7 rings (SSSR count). The number of fused-ring (bicyclic) bond motifs is 1. The lowest BCUT2D eigenvalue weighted by molar-refractivity contribution is 0.481. The molecular formula is C37H29N3O. The van der Waals surface area contributed by atoms with E-state index in [1.54, 1.807) is 0 Å². The molecule has 0 fully saturated rings. The summed E-state index contributed by atoms with van der Waals surface area (Å²) >= 11 is 0. The van der Waals surface area contributed by atoms with Crippen molar-refractivity contribution in [1.29, 1.82) is 0 Å². The molecule has 41 heavy (non-hydrogen) atoms. The molecule has 0 amide bonds. The summed E-state index contributed by atoms with van der Waals surface area (Å²) in [4.78, 5) is 9.03. The molecule has 1 aliphatic heterocycles. The van der Waals surface area contributed by atoms with Crippen LogP contribution in [0.2, 0.25) is 0 Å². The molecule has 0 radical (unpaired) electrons. The van der Waals surface area contributed by atoms with Crippen LogP contribution in [0.25, 0.3) is 44.3 Å². The summed E-state index contributed by atoms with van der Waals surface area (Å²) in [7, 11) is 2.06. The Morgan fingerprint density at radius 1 is 0.610 bits per heavy atom. The number of hydrogen-bond donors (Lipinski definition) is 0. The summed E-state index contributed by atoms with van der Waals surface area (Å²) in [5.74, 6) is 1.58. The third-order valence-electron chi connectivity index (χ3n) is 7.45. The lowest BCUT2D eigenvalue weighted by Crippen LogP contribution is -2.21. The fourth-order valence-corrected chi connectivity index (χ4v) is 5.39. The van der Waals surface area contributed by atoms with Crippen LogP contribution < -0.4 is 9.64 Å². The van der Waals surface area contributed by atoms with Gasteiger partial charge in [0.25, 0.3) is 0 Å². The topological polar surface area (TPSA) is 28.6 Å². The zero-order valence-corrected chi connectivity index (χ0v) is 22.8. The Kier molecular flexibility index (Phi) is 6.42. The molecule has 1 aromatic heterocycles. The largest absolute Gasteiger partial charge is 0.457 e. The van der Waals surface area contributed by atoms with Crippen molar-refractivity contribution in [3.05, 3.63) is 146 Å². The maximum Gasteiger partial charge on any atom is 0.129 e. The summed E-state index contributed by atoms with van der Waals surface area (Å²) < 4.78 is 6.29. The molecule has 0 spiro atoms. The van der Waals surface area contributed by atoms with Crippen molar-refractivity contribution in [2.45, 2.75) is 0 Å². The van der Waals surface area contributed by atoms with Gasteiger partial charge in [0.2, 0.25) is 0 Å². The first-order chi connectivity index (χ1) is 20.2. The monoisotopic (exact) mass is 531 g/mol. The number of benzene rings is 5. The Labute approximate surface area is 240 Å². The Balaban J connectivity index is 1.16. The van der Waals surface area contributed by atoms with Crippen LogP contribution in [0.1, 0.15) is 0 Å². The second-order valence-corrected chi connectivity index (χ2v) is 10.3. The molecule has 2 heterocycles. The Hall–Kier alpha value is -5.35. The molecule has 0 N–H and O–H groups in total. The first kappa shape index (κ1) is 24.7. The van der Waals surface area contributed by atoms with Crippen molar-refractivity contribution < 1.29 is 4.74 Å². The highest BCUT2D eigenvalue weighted by molar-refractivity contribution is 5.97. The average molecular weight is 532 g/mol. The number of nitrogens with zero attached hydrogens (tertiary/aromatic N) is 3. The van der Waals surface area contributed by atoms with Gasteiger partial charge in [0.05, 0.1) is 12.4 Å². The van der Waals surface area contributed by atoms with Gasteiger partial charge in [0, 0.05) is 43.0 Å². The fourth-order valence-electron chi connectivity index (χ4n) is 5.39. The van der Waals surface area contributed by atoms with E-state index in [0.717, 1.165) is 46.2 Å². The van der Waals surface area contributed by atoms with Gasteiger partial charge in [0.15, 0.2) is 0 Å². The molecule has 0 saturated heterocycles. The first-order valence-electron chi connectivity index (χ1n) is 13.8. The lowest BCUT2D eigenvalue weighted by Gasteiger charge is -2.19. The Bertz CT molecular complexity index is 1890. The summed E-state index contributed by atoms with van der Waals surface area (Å²) in [6.07, 6.45) is 6.03. The van der Waals surface area contributed by atoms with E-state index in [4.69, 9.17) is 9.72 Å². The lowest BCUT2D eigenvalue weighted by atomic mass is 9.95. The average Bonchev–Trinajstić information content (AvgIpc) is 3.47. The number of anilines is 1. The summed E-state index contributed by atoms with van der Waals surface area (Å²) in [5.41, 5.74) is 7.73. The van der Waals surface area contributed by atoms with Gasteiger partial charge < -0.3 is 14.5 Å². The van der Waals surface area contributed by atoms with Crippen molar-refractivity contribution in [2.24, 2.45) is 0 Å². The van der Waals surface area contributed by atoms with Crippen LogP contribution in [0.4, 0.5) is 5.69 Å². The molecule has 0 unspecified atom stereocenters.